The van der Waals surface area contributed by atoms with Crippen molar-refractivity contribution in [3.63, 3.8) is 0 Å². The molecular formula is C20H29N3O. The molecule has 130 valence electrons. The summed E-state index contributed by atoms with van der Waals surface area (Å²) in [6.07, 6.45) is 2.25. The monoisotopic (exact) mass is 327 g/mol. The summed E-state index contributed by atoms with van der Waals surface area (Å²) in [4.78, 5) is 14.9. The summed E-state index contributed by atoms with van der Waals surface area (Å²) < 4.78 is 1.89. The highest BCUT2D eigenvalue weighted by molar-refractivity contribution is 5.76. The Labute approximate surface area is 145 Å². The molecule has 0 N–H and O–H groups in total. The summed E-state index contributed by atoms with van der Waals surface area (Å²) in [5.74, 6) is 0.218. The van der Waals surface area contributed by atoms with Gasteiger partial charge in [0.05, 0.1) is 5.69 Å². The number of rotatable bonds is 7. The first-order valence-corrected chi connectivity index (χ1v) is 8.76. The molecule has 0 bridgehead atoms. The van der Waals surface area contributed by atoms with Gasteiger partial charge in [0.1, 0.15) is 0 Å². The number of amides is 1. The third kappa shape index (κ3) is 4.25. The topological polar surface area (TPSA) is 38.1 Å². The Balaban J connectivity index is 2.07. The van der Waals surface area contributed by atoms with E-state index in [4.69, 9.17) is 0 Å². The molecule has 0 spiro atoms. The van der Waals surface area contributed by atoms with Crippen LogP contribution < -0.4 is 0 Å². The molecular weight excluding hydrogens is 298 g/mol. The Morgan fingerprint density at radius 1 is 1.25 bits per heavy atom. The molecule has 0 saturated carbocycles. The Morgan fingerprint density at radius 2 is 1.92 bits per heavy atom. The lowest BCUT2D eigenvalue weighted by Gasteiger charge is -2.29. The van der Waals surface area contributed by atoms with Crippen molar-refractivity contribution in [3.8, 4) is 0 Å². The van der Waals surface area contributed by atoms with Crippen LogP contribution in [0.3, 0.4) is 0 Å². The Morgan fingerprint density at radius 3 is 2.46 bits per heavy atom. The molecule has 2 rings (SSSR count). The van der Waals surface area contributed by atoms with E-state index in [0.717, 1.165) is 24.2 Å². The summed E-state index contributed by atoms with van der Waals surface area (Å²) >= 11 is 0. The third-order valence-electron chi connectivity index (χ3n) is 4.89. The molecule has 1 atom stereocenters. The minimum atomic E-state index is 0.218. The van der Waals surface area contributed by atoms with Crippen LogP contribution in [0.5, 0.6) is 0 Å². The van der Waals surface area contributed by atoms with Crippen LogP contribution in [0.25, 0.3) is 0 Å². The lowest BCUT2D eigenvalue weighted by Crippen LogP contribution is -2.37. The van der Waals surface area contributed by atoms with Crippen molar-refractivity contribution in [3.05, 3.63) is 52.8 Å². The van der Waals surface area contributed by atoms with Gasteiger partial charge < -0.3 is 4.90 Å². The van der Waals surface area contributed by atoms with E-state index >= 15 is 0 Å². The first-order chi connectivity index (χ1) is 11.4. The first kappa shape index (κ1) is 18.2. The van der Waals surface area contributed by atoms with Crippen molar-refractivity contribution < 1.29 is 4.79 Å². The number of nitrogens with zero attached hydrogens (tertiary/aromatic N) is 3. The average molecular weight is 327 g/mol. The standard InChI is InChI=1S/C20H29N3O/c1-6-15(2)23(14-18-10-8-7-9-11-18)20(24)13-12-19-16(3)21-22(5)17(19)4/h7-11,15H,6,12-14H2,1-5H3. The van der Waals surface area contributed by atoms with Gasteiger partial charge in [-0.1, -0.05) is 37.3 Å². The second kappa shape index (κ2) is 8.13. The predicted molar refractivity (Wildman–Crippen MR) is 97.7 cm³/mol. The van der Waals surface area contributed by atoms with Gasteiger partial charge in [-0.15, -0.1) is 0 Å². The molecule has 1 unspecified atom stereocenters. The molecule has 1 aromatic carbocycles. The molecule has 0 fully saturated rings. The molecule has 1 amide bonds. The van der Waals surface area contributed by atoms with Gasteiger partial charge in [-0.2, -0.15) is 5.10 Å². The van der Waals surface area contributed by atoms with Crippen LogP contribution >= 0.6 is 0 Å². The number of aromatic nitrogens is 2. The molecule has 0 aliphatic rings. The van der Waals surface area contributed by atoms with E-state index in [1.165, 1.54) is 11.1 Å². The van der Waals surface area contributed by atoms with E-state index in [9.17, 15) is 4.79 Å². The minimum Gasteiger partial charge on any atom is -0.336 e. The van der Waals surface area contributed by atoms with E-state index < -0.39 is 0 Å². The number of benzene rings is 1. The summed E-state index contributed by atoms with van der Waals surface area (Å²) in [6, 6.07) is 10.5. The van der Waals surface area contributed by atoms with Crippen LogP contribution in [0, 0.1) is 13.8 Å². The van der Waals surface area contributed by atoms with Crippen molar-refractivity contribution in [2.45, 2.75) is 59.5 Å². The lowest BCUT2D eigenvalue weighted by atomic mass is 10.1. The number of hydrogen-bond donors (Lipinski definition) is 0. The number of carbonyl (C=O) groups is 1. The highest BCUT2D eigenvalue weighted by Crippen LogP contribution is 2.17. The largest absolute Gasteiger partial charge is 0.336 e. The number of hydrogen-bond acceptors (Lipinski definition) is 2. The summed E-state index contributed by atoms with van der Waals surface area (Å²) in [7, 11) is 1.95. The van der Waals surface area contributed by atoms with Crippen molar-refractivity contribution in [1.29, 1.82) is 0 Å². The van der Waals surface area contributed by atoms with E-state index in [1.807, 2.05) is 41.8 Å². The predicted octanol–water partition coefficient (Wildman–Crippen LogP) is 3.80. The fourth-order valence-corrected chi connectivity index (χ4v) is 3.05. The maximum atomic E-state index is 12.8. The normalized spacial score (nSPS) is 12.2. The van der Waals surface area contributed by atoms with Crippen molar-refractivity contribution in [2.24, 2.45) is 7.05 Å². The second-order valence-electron chi connectivity index (χ2n) is 6.54. The molecule has 4 nitrogen and oxygen atoms in total. The van der Waals surface area contributed by atoms with Crippen LogP contribution in [0.15, 0.2) is 30.3 Å². The van der Waals surface area contributed by atoms with Gasteiger partial charge in [0.15, 0.2) is 0 Å². The molecule has 0 radical (unpaired) electrons. The zero-order valence-corrected chi connectivity index (χ0v) is 15.5. The van der Waals surface area contributed by atoms with E-state index in [0.29, 0.717) is 13.0 Å². The quantitative estimate of drug-likeness (QED) is 0.776. The average Bonchev–Trinajstić information content (AvgIpc) is 2.83. The molecule has 1 aromatic heterocycles. The molecule has 24 heavy (non-hydrogen) atoms. The summed E-state index contributed by atoms with van der Waals surface area (Å²) in [5.41, 5.74) is 4.56. The van der Waals surface area contributed by atoms with Crippen LogP contribution in [-0.2, 0) is 24.8 Å². The number of aryl methyl sites for hydroxylation is 2. The smallest absolute Gasteiger partial charge is 0.223 e. The maximum absolute atomic E-state index is 12.8. The molecule has 4 heteroatoms. The van der Waals surface area contributed by atoms with Crippen molar-refractivity contribution in [2.75, 3.05) is 0 Å². The minimum absolute atomic E-state index is 0.218. The number of carbonyl (C=O) groups excluding carboxylic acids is 1. The van der Waals surface area contributed by atoms with Crippen LogP contribution in [-0.4, -0.2) is 26.6 Å². The molecule has 2 aromatic rings. The zero-order valence-electron chi connectivity index (χ0n) is 15.5. The Bertz CT molecular complexity index is 676. The Hall–Kier alpha value is -2.10. The molecule has 1 heterocycles. The van der Waals surface area contributed by atoms with Gasteiger partial charge in [0.2, 0.25) is 5.91 Å². The fraction of sp³-hybridized carbons (Fsp3) is 0.500. The van der Waals surface area contributed by atoms with Crippen molar-refractivity contribution in [1.82, 2.24) is 14.7 Å². The molecule has 0 aliphatic heterocycles. The molecule has 0 saturated heterocycles. The van der Waals surface area contributed by atoms with Crippen LogP contribution in [0.4, 0.5) is 0 Å². The van der Waals surface area contributed by atoms with E-state index in [1.54, 1.807) is 0 Å². The van der Waals surface area contributed by atoms with Gasteiger partial charge in [-0.3, -0.25) is 9.48 Å². The van der Waals surface area contributed by atoms with Crippen LogP contribution in [0.1, 0.15) is 49.2 Å². The first-order valence-electron chi connectivity index (χ1n) is 8.76. The van der Waals surface area contributed by atoms with Gasteiger partial charge in [0, 0.05) is 31.7 Å². The van der Waals surface area contributed by atoms with Crippen LogP contribution in [0.2, 0.25) is 0 Å². The highest BCUT2D eigenvalue weighted by Gasteiger charge is 2.20. The fourth-order valence-electron chi connectivity index (χ4n) is 3.05. The summed E-state index contributed by atoms with van der Waals surface area (Å²) in [5, 5.41) is 4.44. The Kier molecular flexibility index (Phi) is 6.18. The van der Waals surface area contributed by atoms with Gasteiger partial charge in [-0.25, -0.2) is 0 Å². The van der Waals surface area contributed by atoms with E-state index in [2.05, 4.69) is 38.0 Å². The van der Waals surface area contributed by atoms with Gasteiger partial charge >= 0.3 is 0 Å². The van der Waals surface area contributed by atoms with Gasteiger partial charge in [-0.05, 0) is 44.7 Å². The SMILES string of the molecule is CCC(C)N(Cc1ccccc1)C(=O)CCc1c(C)nn(C)c1C. The molecule has 0 aliphatic carbocycles. The highest BCUT2D eigenvalue weighted by atomic mass is 16.2. The lowest BCUT2D eigenvalue weighted by molar-refractivity contribution is -0.134. The zero-order chi connectivity index (χ0) is 17.7. The van der Waals surface area contributed by atoms with Gasteiger partial charge in [0.25, 0.3) is 0 Å². The van der Waals surface area contributed by atoms with Crippen molar-refractivity contribution >= 4 is 5.91 Å². The second-order valence-corrected chi connectivity index (χ2v) is 6.54. The summed E-state index contributed by atoms with van der Waals surface area (Å²) in [6.45, 7) is 9.02. The third-order valence-corrected chi connectivity index (χ3v) is 4.89. The van der Waals surface area contributed by atoms with E-state index in [-0.39, 0.29) is 11.9 Å². The maximum Gasteiger partial charge on any atom is 0.223 e.